The van der Waals surface area contributed by atoms with Crippen LogP contribution in [0.2, 0.25) is 0 Å². The van der Waals surface area contributed by atoms with E-state index in [2.05, 4.69) is 42.2 Å². The van der Waals surface area contributed by atoms with Crippen LogP contribution in [-0.4, -0.2) is 60.5 Å². The number of nitrogens with zero attached hydrogens (tertiary/aromatic N) is 1. The fraction of sp³-hybridized carbons (Fsp3) is 0.606. The largest absolute Gasteiger partial charge is 0.486 e. The Hall–Kier alpha value is -2.41. The van der Waals surface area contributed by atoms with Crippen LogP contribution in [0.4, 0.5) is 0 Å². The highest BCUT2D eigenvalue weighted by Gasteiger charge is 2.72. The lowest BCUT2D eigenvalue weighted by atomic mass is 9.43. The highest BCUT2D eigenvalue weighted by molar-refractivity contribution is 5.92. The van der Waals surface area contributed by atoms with Crippen LogP contribution in [0.25, 0.3) is 0 Å². The Kier molecular flexibility index (Phi) is 6.29. The lowest BCUT2D eigenvalue weighted by molar-refractivity contribution is -0.243. The molecule has 39 heavy (non-hydrogen) atoms. The van der Waals surface area contributed by atoms with E-state index in [1.807, 2.05) is 13.2 Å². The number of benzene rings is 2. The van der Waals surface area contributed by atoms with E-state index in [0.717, 1.165) is 44.6 Å². The molecular formula is C33H41NO5. The highest BCUT2D eigenvalue weighted by atomic mass is 16.6. The minimum atomic E-state index is -0.912. The average Bonchev–Trinajstić information content (AvgIpc) is 3.67. The molecule has 1 aliphatic heterocycles. The number of rotatable bonds is 11. The summed E-state index contributed by atoms with van der Waals surface area (Å²) in [6, 6.07) is 14.6. The fourth-order valence-corrected chi connectivity index (χ4v) is 8.98. The maximum Gasteiger partial charge on any atom is 0.339 e. The molecule has 0 saturated heterocycles. The first-order chi connectivity index (χ1) is 19.0. The van der Waals surface area contributed by atoms with Crippen LogP contribution in [0.5, 0.6) is 5.75 Å². The number of fused-ring (bicyclic) bond motifs is 2. The molecule has 0 amide bonds. The van der Waals surface area contributed by atoms with Gasteiger partial charge < -0.3 is 19.3 Å². The van der Waals surface area contributed by atoms with Crippen molar-refractivity contribution in [2.24, 2.45) is 17.3 Å². The molecule has 6 heteroatoms. The van der Waals surface area contributed by atoms with Gasteiger partial charge in [0.15, 0.2) is 0 Å². The standard InChI is InChI=1S/C33H41NO5/c1-3-15-34(18-21-9-10-21)26-16-23-11-12-25(31(35)36)29-27(23)28-30(39-29)33(37-2)14-13-32(26,28)17-24(33)20-38-19-22-7-5-4-6-8-22/h4-8,11-12,21,24,26,28,30H,3,9-10,13-20H2,1-2H3,(H,35,36)/t24-,26-,28?,30-,32-,33-/m1/s1. The van der Waals surface area contributed by atoms with Gasteiger partial charge in [0.05, 0.1) is 13.2 Å². The van der Waals surface area contributed by atoms with Gasteiger partial charge in [0, 0.05) is 37.1 Å². The zero-order chi connectivity index (χ0) is 26.8. The number of hydrogen-bond donors (Lipinski definition) is 1. The molecule has 1 unspecified atom stereocenters. The second-order valence-electron chi connectivity index (χ2n) is 12.8. The summed E-state index contributed by atoms with van der Waals surface area (Å²) >= 11 is 0. The number of hydrogen-bond acceptors (Lipinski definition) is 5. The van der Waals surface area contributed by atoms with Crippen LogP contribution in [0.3, 0.4) is 0 Å². The van der Waals surface area contributed by atoms with Crippen LogP contribution in [0.15, 0.2) is 42.5 Å². The predicted molar refractivity (Wildman–Crippen MR) is 148 cm³/mol. The molecular weight excluding hydrogens is 490 g/mol. The van der Waals surface area contributed by atoms with Gasteiger partial charge in [0.2, 0.25) is 0 Å². The van der Waals surface area contributed by atoms with Crippen molar-refractivity contribution >= 4 is 5.97 Å². The first-order valence-corrected chi connectivity index (χ1v) is 15.0. The van der Waals surface area contributed by atoms with Gasteiger partial charge in [0.1, 0.15) is 23.0 Å². The molecule has 2 aromatic rings. The van der Waals surface area contributed by atoms with Crippen molar-refractivity contribution in [3.05, 3.63) is 64.7 Å². The summed E-state index contributed by atoms with van der Waals surface area (Å²) < 4.78 is 19.7. The number of carboxylic acids is 1. The van der Waals surface area contributed by atoms with E-state index in [1.54, 1.807) is 6.07 Å². The molecule has 208 valence electrons. The van der Waals surface area contributed by atoms with Crippen LogP contribution in [0, 0.1) is 17.3 Å². The van der Waals surface area contributed by atoms with Gasteiger partial charge in [0.25, 0.3) is 0 Å². The molecule has 4 fully saturated rings. The van der Waals surface area contributed by atoms with E-state index in [0.29, 0.717) is 30.6 Å². The number of methoxy groups -OCH3 is 1. The maximum atomic E-state index is 12.3. The monoisotopic (exact) mass is 531 g/mol. The number of ether oxygens (including phenoxy) is 3. The third-order valence-electron chi connectivity index (χ3n) is 10.8. The Balaban J connectivity index is 1.29. The number of carboxylic acid groups (broad SMARTS) is 1. The smallest absolute Gasteiger partial charge is 0.339 e. The quantitative estimate of drug-likeness (QED) is 0.403. The highest BCUT2D eigenvalue weighted by Crippen LogP contribution is 2.71. The lowest BCUT2D eigenvalue weighted by Crippen LogP contribution is -2.72. The normalized spacial score (nSPS) is 33.7. The molecule has 2 bridgehead atoms. The van der Waals surface area contributed by atoms with Gasteiger partial charge in [-0.2, -0.15) is 0 Å². The molecule has 1 heterocycles. The maximum absolute atomic E-state index is 12.3. The molecule has 2 aromatic carbocycles. The summed E-state index contributed by atoms with van der Waals surface area (Å²) in [6.45, 7) is 5.79. The Bertz CT molecular complexity index is 1240. The Morgan fingerprint density at radius 1 is 1.15 bits per heavy atom. The van der Waals surface area contributed by atoms with Crippen LogP contribution in [0.1, 0.15) is 78.4 Å². The van der Waals surface area contributed by atoms with Crippen molar-refractivity contribution < 1.29 is 24.1 Å². The van der Waals surface area contributed by atoms with Gasteiger partial charge >= 0.3 is 5.97 Å². The minimum absolute atomic E-state index is 0.0329. The number of aromatic carboxylic acids is 1. The zero-order valence-corrected chi connectivity index (χ0v) is 23.2. The van der Waals surface area contributed by atoms with Gasteiger partial charge in [-0.3, -0.25) is 4.90 Å². The summed E-state index contributed by atoms with van der Waals surface area (Å²) in [4.78, 5) is 15.1. The SMILES string of the molecule is CCCN(CC1CC1)[C@@H]1Cc2ccc(C(=O)O)c3c2C2[C@@H](O3)[C@@]3(OC)CC[C@]21C[C@@H]3COCc1ccccc1. The van der Waals surface area contributed by atoms with Crippen LogP contribution >= 0.6 is 0 Å². The molecule has 5 aliphatic carbocycles. The Morgan fingerprint density at radius 2 is 1.97 bits per heavy atom. The van der Waals surface area contributed by atoms with Crippen molar-refractivity contribution in [2.75, 3.05) is 26.8 Å². The summed E-state index contributed by atoms with van der Waals surface area (Å²) in [6.07, 6.45) is 7.68. The average molecular weight is 532 g/mol. The lowest BCUT2D eigenvalue weighted by Gasteiger charge is -2.66. The van der Waals surface area contributed by atoms with Crippen molar-refractivity contribution in [2.45, 2.75) is 82.1 Å². The first kappa shape index (κ1) is 25.6. The fourth-order valence-electron chi connectivity index (χ4n) is 8.98. The first-order valence-electron chi connectivity index (χ1n) is 15.0. The van der Waals surface area contributed by atoms with E-state index in [1.165, 1.54) is 36.1 Å². The summed E-state index contributed by atoms with van der Waals surface area (Å²) in [5, 5.41) is 10.1. The van der Waals surface area contributed by atoms with E-state index >= 15 is 0 Å². The molecule has 4 saturated carbocycles. The molecule has 6 nitrogen and oxygen atoms in total. The third kappa shape index (κ3) is 3.89. The molecule has 1 spiro atoms. The topological polar surface area (TPSA) is 68.2 Å². The molecule has 6 atom stereocenters. The van der Waals surface area contributed by atoms with Crippen molar-refractivity contribution in [1.82, 2.24) is 4.90 Å². The van der Waals surface area contributed by atoms with Gasteiger partial charge in [-0.25, -0.2) is 4.79 Å². The van der Waals surface area contributed by atoms with Crippen molar-refractivity contribution in [3.8, 4) is 5.75 Å². The van der Waals surface area contributed by atoms with Gasteiger partial charge in [-0.1, -0.05) is 43.3 Å². The third-order valence-corrected chi connectivity index (χ3v) is 10.8. The van der Waals surface area contributed by atoms with E-state index in [-0.39, 0.29) is 23.4 Å². The van der Waals surface area contributed by atoms with Gasteiger partial charge in [-0.15, -0.1) is 0 Å². The molecule has 0 radical (unpaired) electrons. The summed E-state index contributed by atoms with van der Waals surface area (Å²) in [5.41, 5.74) is 3.47. The zero-order valence-electron chi connectivity index (χ0n) is 23.2. The van der Waals surface area contributed by atoms with Crippen molar-refractivity contribution in [3.63, 3.8) is 0 Å². The summed E-state index contributed by atoms with van der Waals surface area (Å²) in [7, 11) is 1.82. The second kappa shape index (κ2) is 9.60. The van der Waals surface area contributed by atoms with E-state index < -0.39 is 11.6 Å². The van der Waals surface area contributed by atoms with E-state index in [4.69, 9.17) is 14.2 Å². The molecule has 0 aromatic heterocycles. The predicted octanol–water partition coefficient (Wildman–Crippen LogP) is 5.68. The van der Waals surface area contributed by atoms with Crippen LogP contribution in [-0.2, 0) is 22.5 Å². The van der Waals surface area contributed by atoms with Crippen LogP contribution < -0.4 is 4.74 Å². The Labute approximate surface area is 231 Å². The van der Waals surface area contributed by atoms with Crippen molar-refractivity contribution in [1.29, 1.82) is 0 Å². The molecule has 1 N–H and O–H groups in total. The Morgan fingerprint density at radius 3 is 2.69 bits per heavy atom. The second-order valence-corrected chi connectivity index (χ2v) is 12.8. The van der Waals surface area contributed by atoms with E-state index in [9.17, 15) is 9.90 Å². The molecule has 6 aliphatic rings. The minimum Gasteiger partial charge on any atom is -0.486 e. The molecule has 8 rings (SSSR count). The number of carbonyl (C=O) groups is 1. The summed E-state index contributed by atoms with van der Waals surface area (Å²) in [5.74, 6) is 0.877. The van der Waals surface area contributed by atoms with Gasteiger partial charge in [-0.05, 0) is 80.0 Å².